The van der Waals surface area contributed by atoms with Crippen LogP contribution in [0.15, 0.2) is 39.8 Å². The Hall–Kier alpha value is -2.36. The number of aryl methyl sites for hydroxylation is 1. The van der Waals surface area contributed by atoms with Crippen LogP contribution in [-0.2, 0) is 14.8 Å². The number of morpholine rings is 1. The van der Waals surface area contributed by atoms with Crippen molar-refractivity contribution in [3.05, 3.63) is 41.9 Å². The number of ether oxygens (including phenoxy) is 1. The van der Waals surface area contributed by atoms with Crippen molar-refractivity contribution in [1.29, 1.82) is 0 Å². The summed E-state index contributed by atoms with van der Waals surface area (Å²) in [5.74, 6) is -0.169. The van der Waals surface area contributed by atoms with Crippen molar-refractivity contribution < 1.29 is 22.4 Å². The van der Waals surface area contributed by atoms with Crippen molar-refractivity contribution in [2.24, 2.45) is 0 Å². The maximum Gasteiger partial charge on any atom is 0.291 e. The van der Waals surface area contributed by atoms with Gasteiger partial charge in [-0.2, -0.15) is 4.31 Å². The molecule has 0 saturated carbocycles. The molecule has 2 aliphatic heterocycles. The van der Waals surface area contributed by atoms with Crippen LogP contribution in [0.3, 0.4) is 0 Å². The van der Waals surface area contributed by atoms with Crippen molar-refractivity contribution in [2.75, 3.05) is 49.6 Å². The summed E-state index contributed by atoms with van der Waals surface area (Å²) in [6.45, 7) is 4.95. The van der Waals surface area contributed by atoms with E-state index in [1.165, 1.54) is 17.0 Å². The highest BCUT2D eigenvalue weighted by atomic mass is 32.2. The Morgan fingerprint density at radius 3 is 2.43 bits per heavy atom. The predicted molar refractivity (Wildman–Crippen MR) is 113 cm³/mol. The van der Waals surface area contributed by atoms with Crippen molar-refractivity contribution in [2.45, 2.75) is 31.1 Å². The van der Waals surface area contributed by atoms with Gasteiger partial charge in [-0.15, -0.1) is 0 Å². The molecule has 1 N–H and O–H groups in total. The number of hydrogen-bond acceptors (Lipinski definition) is 6. The fourth-order valence-corrected chi connectivity index (χ4v) is 5.34. The van der Waals surface area contributed by atoms with E-state index in [2.05, 4.69) is 10.2 Å². The zero-order valence-electron chi connectivity index (χ0n) is 17.1. The van der Waals surface area contributed by atoms with E-state index in [-0.39, 0.29) is 10.7 Å². The highest BCUT2D eigenvalue weighted by molar-refractivity contribution is 7.89. The molecule has 0 spiro atoms. The monoisotopic (exact) mass is 433 g/mol. The lowest BCUT2D eigenvalue weighted by Crippen LogP contribution is -2.40. The first kappa shape index (κ1) is 20.9. The van der Waals surface area contributed by atoms with Crippen LogP contribution in [0.4, 0.5) is 11.4 Å². The molecule has 1 amide bonds. The summed E-state index contributed by atoms with van der Waals surface area (Å²) >= 11 is 0. The van der Waals surface area contributed by atoms with Gasteiger partial charge < -0.3 is 19.4 Å². The second kappa shape index (κ2) is 8.79. The van der Waals surface area contributed by atoms with E-state index in [0.29, 0.717) is 32.0 Å². The first-order valence-corrected chi connectivity index (χ1v) is 11.7. The highest BCUT2D eigenvalue weighted by Gasteiger charge is 2.28. The maximum absolute atomic E-state index is 13.1. The minimum Gasteiger partial charge on any atom is -0.459 e. The minimum absolute atomic E-state index is 0.164. The molecule has 30 heavy (non-hydrogen) atoms. The van der Waals surface area contributed by atoms with Crippen LogP contribution < -0.4 is 10.2 Å². The third-order valence-corrected chi connectivity index (χ3v) is 7.48. The van der Waals surface area contributed by atoms with E-state index in [4.69, 9.17) is 9.15 Å². The number of carbonyl (C=O) groups is 1. The number of hydrogen-bond donors (Lipinski definition) is 1. The molecule has 3 heterocycles. The van der Waals surface area contributed by atoms with Crippen LogP contribution in [0, 0.1) is 6.92 Å². The average molecular weight is 434 g/mol. The maximum atomic E-state index is 13.1. The molecule has 0 radical (unpaired) electrons. The fourth-order valence-electron chi connectivity index (χ4n) is 3.91. The molecular formula is C21H27N3O5S. The zero-order chi connectivity index (χ0) is 21.1. The predicted octanol–water partition coefficient (Wildman–Crippen LogP) is 2.85. The number of carbonyl (C=O) groups excluding carboxylic acids is 1. The number of furan rings is 1. The molecule has 0 unspecified atom stereocenters. The van der Waals surface area contributed by atoms with E-state index in [1.54, 1.807) is 31.2 Å². The fraction of sp³-hybridized carbons (Fsp3) is 0.476. The molecule has 1 aromatic carbocycles. The molecule has 0 atom stereocenters. The molecular weight excluding hydrogens is 406 g/mol. The number of amides is 1. The van der Waals surface area contributed by atoms with Crippen molar-refractivity contribution in [1.82, 2.24) is 4.31 Å². The van der Waals surface area contributed by atoms with E-state index in [9.17, 15) is 13.2 Å². The SMILES string of the molecule is Cc1ccoc1C(=O)Nc1cc(S(=O)(=O)N2CCOCC2)ccc1N1CCCCC1. The third-order valence-electron chi connectivity index (χ3n) is 5.59. The van der Waals surface area contributed by atoms with Crippen molar-refractivity contribution in [3.8, 4) is 0 Å². The molecule has 2 aliphatic rings. The summed E-state index contributed by atoms with van der Waals surface area (Å²) in [6.07, 6.45) is 4.78. The average Bonchev–Trinajstić information content (AvgIpc) is 3.21. The molecule has 9 heteroatoms. The van der Waals surface area contributed by atoms with E-state index in [0.717, 1.165) is 37.2 Å². The Balaban J connectivity index is 1.69. The number of piperidine rings is 1. The van der Waals surface area contributed by atoms with Gasteiger partial charge in [-0.25, -0.2) is 8.42 Å². The van der Waals surface area contributed by atoms with Crippen LogP contribution in [-0.4, -0.2) is 58.0 Å². The molecule has 2 aromatic rings. The second-order valence-electron chi connectivity index (χ2n) is 7.63. The molecule has 8 nitrogen and oxygen atoms in total. The standard InChI is InChI=1S/C21H27N3O5S/c1-16-7-12-29-20(16)21(25)22-18-15-17(30(26,27)24-10-13-28-14-11-24)5-6-19(18)23-8-3-2-4-9-23/h5-7,12,15H,2-4,8-11,13-14H2,1H3,(H,22,25). The molecule has 2 fully saturated rings. The largest absolute Gasteiger partial charge is 0.459 e. The van der Waals surface area contributed by atoms with Gasteiger partial charge in [0.1, 0.15) is 0 Å². The Morgan fingerprint density at radius 2 is 1.77 bits per heavy atom. The minimum atomic E-state index is -3.67. The number of anilines is 2. The van der Waals surface area contributed by atoms with Crippen molar-refractivity contribution >= 4 is 27.3 Å². The van der Waals surface area contributed by atoms with Gasteiger partial charge in [0, 0.05) is 31.7 Å². The Bertz CT molecular complexity index is 1010. The molecule has 162 valence electrons. The highest BCUT2D eigenvalue weighted by Crippen LogP contribution is 2.32. The van der Waals surface area contributed by atoms with Crippen molar-refractivity contribution in [3.63, 3.8) is 0 Å². The van der Waals surface area contributed by atoms with Gasteiger partial charge in [-0.05, 0) is 50.5 Å². The topological polar surface area (TPSA) is 92.1 Å². The van der Waals surface area contributed by atoms with Crippen LogP contribution in [0.5, 0.6) is 0 Å². The van der Waals surface area contributed by atoms with Crippen LogP contribution >= 0.6 is 0 Å². The Labute approximate surface area is 176 Å². The Kier molecular flexibility index (Phi) is 6.12. The van der Waals surface area contributed by atoms with Gasteiger partial charge in [0.05, 0.1) is 35.7 Å². The molecule has 2 saturated heterocycles. The quantitative estimate of drug-likeness (QED) is 0.780. The smallest absolute Gasteiger partial charge is 0.291 e. The molecule has 0 aliphatic carbocycles. The lowest BCUT2D eigenvalue weighted by Gasteiger charge is -2.31. The summed E-state index contributed by atoms with van der Waals surface area (Å²) in [5.41, 5.74) is 2.03. The van der Waals surface area contributed by atoms with Gasteiger partial charge >= 0.3 is 0 Å². The lowest BCUT2D eigenvalue weighted by atomic mass is 10.1. The van der Waals surface area contributed by atoms with Gasteiger partial charge in [-0.1, -0.05) is 0 Å². The molecule has 1 aromatic heterocycles. The van der Waals surface area contributed by atoms with Crippen LogP contribution in [0.25, 0.3) is 0 Å². The molecule has 0 bridgehead atoms. The lowest BCUT2D eigenvalue weighted by molar-refractivity contribution is 0.0730. The molecule has 4 rings (SSSR count). The Morgan fingerprint density at radius 1 is 1.03 bits per heavy atom. The van der Waals surface area contributed by atoms with E-state index >= 15 is 0 Å². The number of rotatable bonds is 5. The van der Waals surface area contributed by atoms with Gasteiger partial charge in [0.25, 0.3) is 5.91 Å². The summed E-state index contributed by atoms with van der Waals surface area (Å²) in [7, 11) is -3.67. The first-order valence-electron chi connectivity index (χ1n) is 10.3. The summed E-state index contributed by atoms with van der Waals surface area (Å²) in [6, 6.07) is 6.70. The summed E-state index contributed by atoms with van der Waals surface area (Å²) in [5, 5.41) is 2.88. The second-order valence-corrected chi connectivity index (χ2v) is 9.57. The zero-order valence-corrected chi connectivity index (χ0v) is 17.9. The number of sulfonamides is 1. The third kappa shape index (κ3) is 4.23. The summed E-state index contributed by atoms with van der Waals surface area (Å²) < 4.78 is 38.3. The van der Waals surface area contributed by atoms with Gasteiger partial charge in [-0.3, -0.25) is 4.79 Å². The first-order chi connectivity index (χ1) is 14.5. The van der Waals surface area contributed by atoms with Crippen LogP contribution in [0.1, 0.15) is 35.4 Å². The van der Waals surface area contributed by atoms with Crippen LogP contribution in [0.2, 0.25) is 0 Å². The normalized spacial score (nSPS) is 18.4. The number of nitrogens with zero attached hydrogens (tertiary/aromatic N) is 2. The number of nitrogens with one attached hydrogen (secondary N) is 1. The van der Waals surface area contributed by atoms with Gasteiger partial charge in [0.15, 0.2) is 5.76 Å². The van der Waals surface area contributed by atoms with Gasteiger partial charge in [0.2, 0.25) is 10.0 Å². The van der Waals surface area contributed by atoms with E-state index in [1.807, 2.05) is 0 Å². The summed E-state index contributed by atoms with van der Waals surface area (Å²) in [4.78, 5) is 15.2. The van der Waals surface area contributed by atoms with E-state index < -0.39 is 15.9 Å². The number of benzene rings is 1.